The van der Waals surface area contributed by atoms with Crippen LogP contribution >= 0.6 is 12.2 Å². The molecule has 0 unspecified atom stereocenters. The molecule has 1 aliphatic carbocycles. The number of amides is 1. The summed E-state index contributed by atoms with van der Waals surface area (Å²) >= 11 is 5.25. The zero-order valence-electron chi connectivity index (χ0n) is 18.9. The van der Waals surface area contributed by atoms with Crippen molar-refractivity contribution in [3.05, 3.63) is 100 Å². The number of thiocarbonyl (C=S) groups is 1. The fourth-order valence-electron chi connectivity index (χ4n) is 3.59. The average molecular weight is 472 g/mol. The first-order chi connectivity index (χ1) is 16.4. The highest BCUT2D eigenvalue weighted by Gasteiger charge is 2.15. The predicted octanol–water partition coefficient (Wildman–Crippen LogP) is 3.23. The molecule has 3 aromatic rings. The van der Waals surface area contributed by atoms with Crippen LogP contribution in [-0.2, 0) is 11.3 Å². The van der Waals surface area contributed by atoms with Gasteiger partial charge in [-0.3, -0.25) is 20.4 Å². The summed E-state index contributed by atoms with van der Waals surface area (Å²) in [5.74, 6) is -0.450. The molecule has 0 aliphatic heterocycles. The van der Waals surface area contributed by atoms with E-state index in [1.807, 2.05) is 80.6 Å². The first-order valence-electron chi connectivity index (χ1n) is 10.9. The van der Waals surface area contributed by atoms with E-state index >= 15 is 0 Å². The highest BCUT2D eigenvalue weighted by atomic mass is 32.1. The number of carbonyl (C=O) groups excluding carboxylic acids is 1. The van der Waals surface area contributed by atoms with Gasteiger partial charge < -0.3 is 5.32 Å². The van der Waals surface area contributed by atoms with Gasteiger partial charge in [-0.2, -0.15) is 5.10 Å². The molecule has 0 bridgehead atoms. The van der Waals surface area contributed by atoms with Crippen molar-refractivity contribution in [2.24, 2.45) is 0 Å². The van der Waals surface area contributed by atoms with Crippen LogP contribution in [0.5, 0.6) is 0 Å². The second-order valence-corrected chi connectivity index (χ2v) is 8.39. The molecule has 8 heteroatoms. The average Bonchev–Trinajstić information content (AvgIpc) is 3.10. The lowest BCUT2D eigenvalue weighted by molar-refractivity contribution is -0.122. The van der Waals surface area contributed by atoms with Gasteiger partial charge in [0.1, 0.15) is 6.54 Å². The van der Waals surface area contributed by atoms with E-state index in [1.165, 1.54) is 10.2 Å². The van der Waals surface area contributed by atoms with E-state index in [4.69, 9.17) is 12.2 Å². The van der Waals surface area contributed by atoms with Gasteiger partial charge in [-0.1, -0.05) is 66.8 Å². The second kappa shape index (κ2) is 10.3. The number of rotatable bonds is 4. The van der Waals surface area contributed by atoms with E-state index in [0.717, 1.165) is 16.5 Å². The smallest absolute Gasteiger partial charge is 0.275 e. The first-order valence-corrected chi connectivity index (χ1v) is 11.3. The van der Waals surface area contributed by atoms with Crippen molar-refractivity contribution in [3.63, 3.8) is 0 Å². The summed E-state index contributed by atoms with van der Waals surface area (Å²) in [6.07, 6.45) is 11.5. The summed E-state index contributed by atoms with van der Waals surface area (Å²) in [6, 6.07) is 13.2. The van der Waals surface area contributed by atoms with Crippen molar-refractivity contribution >= 4 is 34.0 Å². The Labute approximate surface area is 202 Å². The van der Waals surface area contributed by atoms with Crippen LogP contribution in [0, 0.1) is 13.8 Å². The maximum absolute atomic E-state index is 13.0. The van der Waals surface area contributed by atoms with Gasteiger partial charge in [0.05, 0.1) is 17.1 Å². The lowest BCUT2D eigenvalue weighted by Gasteiger charge is -2.16. The molecule has 0 saturated carbocycles. The molecule has 0 fully saturated rings. The molecule has 1 aliphatic rings. The van der Waals surface area contributed by atoms with Gasteiger partial charge >= 0.3 is 0 Å². The van der Waals surface area contributed by atoms with Crippen LogP contribution in [-0.4, -0.2) is 26.8 Å². The molecule has 4 rings (SSSR count). The lowest BCUT2D eigenvalue weighted by Crippen LogP contribution is -2.50. The van der Waals surface area contributed by atoms with Gasteiger partial charge in [0.2, 0.25) is 0 Å². The van der Waals surface area contributed by atoms with Crippen molar-refractivity contribution in [1.29, 1.82) is 0 Å². The fourth-order valence-corrected chi connectivity index (χ4v) is 3.78. The molecule has 172 valence electrons. The summed E-state index contributed by atoms with van der Waals surface area (Å²) < 4.78 is 1.18. The van der Waals surface area contributed by atoms with Crippen LogP contribution < -0.4 is 21.7 Å². The molecule has 7 nitrogen and oxygen atoms in total. The third-order valence-corrected chi connectivity index (χ3v) is 5.74. The largest absolute Gasteiger partial charge is 0.352 e. The molecule has 34 heavy (non-hydrogen) atoms. The number of nitrogens with zero attached hydrogens (tertiary/aromatic N) is 2. The number of carbonyl (C=O) groups is 1. The van der Waals surface area contributed by atoms with Crippen molar-refractivity contribution < 1.29 is 4.79 Å². The van der Waals surface area contributed by atoms with Gasteiger partial charge in [-0.25, -0.2) is 4.68 Å². The zero-order valence-corrected chi connectivity index (χ0v) is 19.7. The molecular formula is C26H25N5O2S. The Morgan fingerprint density at radius 1 is 0.971 bits per heavy atom. The lowest BCUT2D eigenvalue weighted by atomic mass is 10.0. The van der Waals surface area contributed by atoms with Gasteiger partial charge in [0.25, 0.3) is 11.5 Å². The minimum Gasteiger partial charge on any atom is -0.352 e. The molecule has 1 amide bonds. The van der Waals surface area contributed by atoms with Crippen LogP contribution in [0.15, 0.2) is 83.7 Å². The third-order valence-electron chi connectivity index (χ3n) is 5.52. The molecule has 2 aromatic carbocycles. The number of hydrazine groups is 1. The predicted molar refractivity (Wildman–Crippen MR) is 139 cm³/mol. The maximum Gasteiger partial charge on any atom is 0.275 e. The standard InChI is InChI=1S/C26H25N5O2S/c1-17-13-14-19(15-18(17)2)24-21-11-7-8-12-22(21)25(33)31(30-24)16-23(32)28-29-26(34)27-20-9-5-3-4-6-10-20/h3-15,20H,16H2,1-2H3,(H,28,32)(H2,27,29,34). The van der Waals surface area contributed by atoms with Crippen molar-refractivity contribution in [2.45, 2.75) is 26.4 Å². The highest BCUT2D eigenvalue weighted by Crippen LogP contribution is 2.26. The molecule has 0 saturated heterocycles. The Bertz CT molecular complexity index is 1390. The van der Waals surface area contributed by atoms with Crippen LogP contribution in [0.3, 0.4) is 0 Å². The minimum atomic E-state index is -0.450. The minimum absolute atomic E-state index is 0.0998. The van der Waals surface area contributed by atoms with Crippen LogP contribution in [0.2, 0.25) is 0 Å². The van der Waals surface area contributed by atoms with E-state index in [9.17, 15) is 9.59 Å². The summed E-state index contributed by atoms with van der Waals surface area (Å²) in [4.78, 5) is 25.6. The summed E-state index contributed by atoms with van der Waals surface area (Å²) in [7, 11) is 0. The highest BCUT2D eigenvalue weighted by molar-refractivity contribution is 7.80. The van der Waals surface area contributed by atoms with Crippen LogP contribution in [0.25, 0.3) is 22.0 Å². The quantitative estimate of drug-likeness (QED) is 0.400. The SMILES string of the molecule is Cc1ccc(-c2nn(CC(=O)NNC(=S)NC3C=CC=CC=C3)c(=O)c3ccccc23)cc1C. The molecule has 0 radical (unpaired) electrons. The first kappa shape index (κ1) is 23.1. The number of aryl methyl sites for hydroxylation is 2. The molecule has 1 aromatic heterocycles. The number of aromatic nitrogens is 2. The zero-order chi connectivity index (χ0) is 24.1. The Morgan fingerprint density at radius 3 is 2.38 bits per heavy atom. The number of allylic oxidation sites excluding steroid dienone is 4. The van der Waals surface area contributed by atoms with Gasteiger partial charge in [-0.15, -0.1) is 0 Å². The summed E-state index contributed by atoms with van der Waals surface area (Å²) in [5, 5.41) is 9.12. The van der Waals surface area contributed by atoms with Crippen molar-refractivity contribution in [3.8, 4) is 11.3 Å². The monoisotopic (exact) mass is 471 g/mol. The van der Waals surface area contributed by atoms with Crippen LogP contribution in [0.4, 0.5) is 0 Å². The van der Waals surface area contributed by atoms with Crippen molar-refractivity contribution in [1.82, 2.24) is 25.9 Å². The molecule has 0 atom stereocenters. The molecular weight excluding hydrogens is 446 g/mol. The molecule has 0 spiro atoms. The number of hydrogen-bond donors (Lipinski definition) is 3. The van der Waals surface area contributed by atoms with E-state index in [0.29, 0.717) is 11.1 Å². The van der Waals surface area contributed by atoms with Crippen LogP contribution in [0.1, 0.15) is 11.1 Å². The number of benzene rings is 2. The number of fused-ring (bicyclic) bond motifs is 1. The fraction of sp³-hybridized carbons (Fsp3) is 0.154. The summed E-state index contributed by atoms with van der Waals surface area (Å²) in [6.45, 7) is 3.82. The van der Waals surface area contributed by atoms with Gasteiger partial charge in [-0.05, 0) is 49.3 Å². The maximum atomic E-state index is 13.0. The van der Waals surface area contributed by atoms with E-state index in [1.54, 1.807) is 12.1 Å². The van der Waals surface area contributed by atoms with E-state index in [2.05, 4.69) is 21.3 Å². The van der Waals surface area contributed by atoms with Crippen molar-refractivity contribution in [2.75, 3.05) is 0 Å². The third kappa shape index (κ3) is 5.29. The Balaban J connectivity index is 1.53. The van der Waals surface area contributed by atoms with Gasteiger partial charge in [0, 0.05) is 10.9 Å². The van der Waals surface area contributed by atoms with E-state index < -0.39 is 5.91 Å². The molecule has 3 N–H and O–H groups in total. The second-order valence-electron chi connectivity index (χ2n) is 7.98. The number of hydrogen-bond acceptors (Lipinski definition) is 4. The Hall–Kier alpha value is -4.04. The van der Waals surface area contributed by atoms with E-state index in [-0.39, 0.29) is 23.3 Å². The topological polar surface area (TPSA) is 88.1 Å². The summed E-state index contributed by atoms with van der Waals surface area (Å²) in [5.41, 5.74) is 8.70. The number of nitrogens with one attached hydrogen (secondary N) is 3. The normalized spacial score (nSPS) is 13.0. The Kier molecular flexibility index (Phi) is 6.98. The molecule has 1 heterocycles. The van der Waals surface area contributed by atoms with Gasteiger partial charge in [0.15, 0.2) is 5.11 Å². The Morgan fingerprint density at radius 2 is 1.68 bits per heavy atom.